The van der Waals surface area contributed by atoms with Gasteiger partial charge in [0.1, 0.15) is 5.69 Å². The topological polar surface area (TPSA) is 82.0 Å². The van der Waals surface area contributed by atoms with Gasteiger partial charge in [-0.3, -0.25) is 10.1 Å². The van der Waals surface area contributed by atoms with Gasteiger partial charge < -0.3 is 4.52 Å². The fourth-order valence-corrected chi connectivity index (χ4v) is 4.87. The summed E-state index contributed by atoms with van der Waals surface area (Å²) >= 11 is 3.73. The normalized spacial score (nSPS) is 13.9. The molecule has 1 unspecified atom stereocenters. The molecule has 0 spiro atoms. The fraction of sp³-hybridized carbons (Fsp3) is 0.250. The lowest BCUT2D eigenvalue weighted by atomic mass is 9.83. The summed E-state index contributed by atoms with van der Waals surface area (Å²) < 4.78 is 18.2. The predicted molar refractivity (Wildman–Crippen MR) is 129 cm³/mol. The number of benzene rings is 2. The molecule has 31 heavy (non-hydrogen) atoms. The number of pyridine rings is 1. The molecule has 0 fully saturated rings. The van der Waals surface area contributed by atoms with Crippen LogP contribution in [0.3, 0.4) is 0 Å². The third kappa shape index (κ3) is 4.63. The number of hydrogen-bond acceptors (Lipinski definition) is 4. The summed E-state index contributed by atoms with van der Waals surface area (Å²) in [6.45, 7) is 3.88. The molecule has 2 heterocycles. The van der Waals surface area contributed by atoms with E-state index in [9.17, 15) is 4.21 Å². The molecule has 4 aromatic rings. The first-order chi connectivity index (χ1) is 14.9. The second kappa shape index (κ2) is 9.02. The molecule has 2 N–H and O–H groups in total. The first-order valence-electron chi connectivity index (χ1n) is 10.1. The van der Waals surface area contributed by atoms with Gasteiger partial charge in [0, 0.05) is 27.3 Å². The molecule has 2 aromatic carbocycles. The molecular weight excluding hydrogens is 474 g/mol. The van der Waals surface area contributed by atoms with Crippen molar-refractivity contribution in [1.29, 1.82) is 0 Å². The molecule has 0 aliphatic rings. The number of rotatable bonds is 7. The highest BCUT2D eigenvalue weighted by Gasteiger charge is 2.31. The van der Waals surface area contributed by atoms with Gasteiger partial charge in [-0.05, 0) is 68.5 Å². The second-order valence-electron chi connectivity index (χ2n) is 8.21. The highest BCUT2D eigenvalue weighted by Crippen LogP contribution is 2.42. The van der Waals surface area contributed by atoms with E-state index in [0.717, 1.165) is 38.0 Å². The molecule has 2 aromatic heterocycles. The lowest BCUT2D eigenvalue weighted by molar-refractivity contribution is 0.459. The van der Waals surface area contributed by atoms with Crippen molar-refractivity contribution in [1.82, 2.24) is 10.1 Å². The lowest BCUT2D eigenvalue weighted by Gasteiger charge is -2.29. The molecule has 160 valence electrons. The van der Waals surface area contributed by atoms with Crippen LogP contribution in [0, 0.1) is 0 Å². The molecular formula is C24H24BrN3O2S. The van der Waals surface area contributed by atoms with Crippen LogP contribution in [0.25, 0.3) is 22.2 Å². The van der Waals surface area contributed by atoms with Crippen molar-refractivity contribution < 1.29 is 8.73 Å². The van der Waals surface area contributed by atoms with Gasteiger partial charge in [0.05, 0.1) is 15.7 Å². The van der Waals surface area contributed by atoms with Crippen molar-refractivity contribution in [2.24, 2.45) is 5.14 Å². The van der Waals surface area contributed by atoms with Gasteiger partial charge in [0.25, 0.3) is 0 Å². The minimum absolute atomic E-state index is 0.0281. The van der Waals surface area contributed by atoms with Crippen LogP contribution < -0.4 is 5.14 Å². The van der Waals surface area contributed by atoms with Crippen LogP contribution in [0.5, 0.6) is 0 Å². The quantitative estimate of drug-likeness (QED) is 0.351. The number of nitrogens with two attached hydrogens (primary N) is 1. The van der Waals surface area contributed by atoms with E-state index in [0.29, 0.717) is 12.8 Å². The van der Waals surface area contributed by atoms with E-state index in [1.165, 1.54) is 0 Å². The molecule has 0 bridgehead atoms. The molecule has 4 rings (SSSR count). The molecule has 0 saturated carbocycles. The minimum atomic E-state index is -1.47. The number of fused-ring (bicyclic) bond motifs is 1. The van der Waals surface area contributed by atoms with Crippen LogP contribution in [-0.4, -0.2) is 19.1 Å². The Morgan fingerprint density at radius 1 is 1.10 bits per heavy atom. The van der Waals surface area contributed by atoms with Crippen LogP contribution in [0.1, 0.15) is 37.4 Å². The Bertz CT molecular complexity index is 1220. The Morgan fingerprint density at radius 3 is 2.61 bits per heavy atom. The van der Waals surface area contributed by atoms with E-state index < -0.39 is 15.7 Å². The van der Waals surface area contributed by atoms with Crippen LogP contribution in [0.2, 0.25) is 0 Å². The van der Waals surface area contributed by atoms with E-state index in [1.54, 1.807) is 6.20 Å². The summed E-state index contributed by atoms with van der Waals surface area (Å²) in [6, 6.07) is 19.9. The van der Waals surface area contributed by atoms with Crippen LogP contribution in [0.15, 0.2) is 75.9 Å². The Balaban J connectivity index is 1.87. The number of hydrogen-bond donors (Lipinski definition) is 1. The first-order valence-corrected chi connectivity index (χ1v) is 12.1. The third-order valence-corrected chi connectivity index (χ3v) is 7.48. The second-order valence-corrected chi connectivity index (χ2v) is 10.8. The smallest absolute Gasteiger partial charge is 0.167 e. The molecule has 2 atom stereocenters. The van der Waals surface area contributed by atoms with Gasteiger partial charge in [-0.15, -0.1) is 0 Å². The predicted octanol–water partition coefficient (Wildman–Crippen LogP) is 5.77. The van der Waals surface area contributed by atoms with Crippen molar-refractivity contribution in [2.45, 2.75) is 37.4 Å². The molecule has 5 nitrogen and oxygen atoms in total. The van der Waals surface area contributed by atoms with Crippen LogP contribution in [-0.2, 0) is 17.4 Å². The monoisotopic (exact) mass is 497 g/mol. The first kappa shape index (κ1) is 21.9. The number of halogens is 1. The Morgan fingerprint density at radius 2 is 1.87 bits per heavy atom. The maximum atomic E-state index is 12.3. The molecule has 0 saturated heterocycles. The zero-order valence-electron chi connectivity index (χ0n) is 17.4. The van der Waals surface area contributed by atoms with Gasteiger partial charge in [0.15, 0.2) is 5.58 Å². The zero-order valence-corrected chi connectivity index (χ0v) is 19.8. The highest BCUT2D eigenvalue weighted by atomic mass is 79.9. The minimum Gasteiger partial charge on any atom is -0.356 e. The zero-order chi connectivity index (χ0) is 22.0. The van der Waals surface area contributed by atoms with E-state index in [2.05, 4.69) is 32.1 Å². The Kier molecular flexibility index (Phi) is 6.36. The average molecular weight is 498 g/mol. The standard InChI is InChI=1S/C24H24BrN3O2S/c1-24(2,31(26)29)15-16(14-17-8-5-6-13-27-17)18-10-7-11-20(25)22(18)23-19-9-3-4-12-21(19)30-28-23/h3-13,16H,14-15,26H2,1-2H3/t16-,31?/m0/s1. The number of nitrogens with zero attached hydrogens (tertiary/aromatic N) is 2. The molecule has 0 radical (unpaired) electrons. The number of para-hydroxylation sites is 1. The maximum Gasteiger partial charge on any atom is 0.167 e. The fourth-order valence-electron chi connectivity index (χ4n) is 3.94. The van der Waals surface area contributed by atoms with E-state index >= 15 is 0 Å². The van der Waals surface area contributed by atoms with E-state index in [1.807, 2.05) is 68.4 Å². The van der Waals surface area contributed by atoms with Crippen molar-refractivity contribution in [3.63, 3.8) is 0 Å². The van der Waals surface area contributed by atoms with Crippen LogP contribution in [0.4, 0.5) is 0 Å². The van der Waals surface area contributed by atoms with Crippen molar-refractivity contribution in [3.05, 3.63) is 82.6 Å². The lowest BCUT2D eigenvalue weighted by Crippen LogP contribution is -2.34. The van der Waals surface area contributed by atoms with Crippen LogP contribution >= 0.6 is 15.9 Å². The number of aromatic nitrogens is 2. The van der Waals surface area contributed by atoms with Crippen molar-refractivity contribution in [3.8, 4) is 11.3 Å². The Labute approximate surface area is 192 Å². The van der Waals surface area contributed by atoms with Gasteiger partial charge >= 0.3 is 0 Å². The summed E-state index contributed by atoms with van der Waals surface area (Å²) in [5, 5.41) is 11.2. The largest absolute Gasteiger partial charge is 0.356 e. The molecule has 0 aliphatic carbocycles. The maximum absolute atomic E-state index is 12.3. The van der Waals surface area contributed by atoms with E-state index in [-0.39, 0.29) is 5.92 Å². The molecule has 0 aliphatic heterocycles. The highest BCUT2D eigenvalue weighted by molar-refractivity contribution is 9.10. The van der Waals surface area contributed by atoms with Gasteiger partial charge in [-0.25, -0.2) is 4.21 Å². The SMILES string of the molecule is CC(C)(C[C@H](Cc1ccccn1)c1cccc(Br)c1-c1noc2ccccc12)S(N)=O. The summed E-state index contributed by atoms with van der Waals surface area (Å²) in [7, 11) is -1.47. The van der Waals surface area contributed by atoms with Gasteiger partial charge in [0.2, 0.25) is 0 Å². The third-order valence-electron chi connectivity index (χ3n) is 5.56. The van der Waals surface area contributed by atoms with Gasteiger partial charge in [-0.1, -0.05) is 51.4 Å². The molecule has 7 heteroatoms. The summed E-state index contributed by atoms with van der Waals surface area (Å²) in [4.78, 5) is 4.53. The molecule has 0 amide bonds. The average Bonchev–Trinajstić information content (AvgIpc) is 3.17. The van der Waals surface area contributed by atoms with Gasteiger partial charge in [-0.2, -0.15) is 0 Å². The van der Waals surface area contributed by atoms with Crippen molar-refractivity contribution >= 4 is 37.9 Å². The summed E-state index contributed by atoms with van der Waals surface area (Å²) in [5.74, 6) is 0.0281. The Hall–Kier alpha value is -2.35. The summed E-state index contributed by atoms with van der Waals surface area (Å²) in [5.41, 5.74) is 4.58. The summed E-state index contributed by atoms with van der Waals surface area (Å²) in [6.07, 6.45) is 3.12. The van der Waals surface area contributed by atoms with E-state index in [4.69, 9.17) is 9.66 Å². The van der Waals surface area contributed by atoms with Crippen molar-refractivity contribution in [2.75, 3.05) is 0 Å².